The lowest BCUT2D eigenvalue weighted by molar-refractivity contribution is -0.00900. The van der Waals surface area contributed by atoms with Gasteiger partial charge in [0.15, 0.2) is 0 Å². The van der Waals surface area contributed by atoms with E-state index in [0.29, 0.717) is 13.2 Å². The van der Waals surface area contributed by atoms with E-state index in [0.717, 1.165) is 22.3 Å². The van der Waals surface area contributed by atoms with Crippen LogP contribution in [0.15, 0.2) is 22.7 Å². The standard InChI is InChI=1S/C16H22BrNO2/c1-5-9-19-15-8-7-14(17)10-13(15)11-18-12-16(3,4)20-6-2/h1,7-8,10,18H,6,9,11-12H2,2-4H3. The second-order valence-electron chi connectivity index (χ2n) is 5.04. The molecule has 0 unspecified atom stereocenters. The molecular weight excluding hydrogens is 318 g/mol. The van der Waals surface area contributed by atoms with Crippen LogP contribution in [0.1, 0.15) is 26.3 Å². The summed E-state index contributed by atoms with van der Waals surface area (Å²) in [5.41, 5.74) is 0.891. The van der Waals surface area contributed by atoms with E-state index in [2.05, 4.69) is 41.0 Å². The van der Waals surface area contributed by atoms with Crippen LogP contribution in [-0.4, -0.2) is 25.4 Å². The zero-order chi connectivity index (χ0) is 15.0. The SMILES string of the molecule is C#CCOc1ccc(Br)cc1CNCC(C)(C)OCC. The first-order valence-corrected chi connectivity index (χ1v) is 7.47. The van der Waals surface area contributed by atoms with Crippen molar-refractivity contribution in [3.05, 3.63) is 28.2 Å². The fraction of sp³-hybridized carbons (Fsp3) is 0.500. The van der Waals surface area contributed by atoms with Gasteiger partial charge in [-0.2, -0.15) is 0 Å². The van der Waals surface area contributed by atoms with Crippen molar-refractivity contribution in [1.29, 1.82) is 0 Å². The lowest BCUT2D eigenvalue weighted by Crippen LogP contribution is -2.37. The van der Waals surface area contributed by atoms with E-state index < -0.39 is 0 Å². The summed E-state index contributed by atoms with van der Waals surface area (Å²) in [6.07, 6.45) is 5.23. The van der Waals surface area contributed by atoms with Gasteiger partial charge in [0.05, 0.1) is 5.60 Å². The van der Waals surface area contributed by atoms with Gasteiger partial charge in [-0.25, -0.2) is 0 Å². The quantitative estimate of drug-likeness (QED) is 0.736. The molecule has 0 bridgehead atoms. The topological polar surface area (TPSA) is 30.5 Å². The number of ether oxygens (including phenoxy) is 2. The number of hydrogen-bond donors (Lipinski definition) is 1. The summed E-state index contributed by atoms with van der Waals surface area (Å²) in [7, 11) is 0. The predicted molar refractivity (Wildman–Crippen MR) is 85.9 cm³/mol. The highest BCUT2D eigenvalue weighted by atomic mass is 79.9. The van der Waals surface area contributed by atoms with Gasteiger partial charge in [0.2, 0.25) is 0 Å². The van der Waals surface area contributed by atoms with Crippen molar-refractivity contribution >= 4 is 15.9 Å². The van der Waals surface area contributed by atoms with E-state index >= 15 is 0 Å². The molecule has 1 aromatic rings. The molecule has 1 N–H and O–H groups in total. The Balaban J connectivity index is 2.62. The van der Waals surface area contributed by atoms with Crippen LogP contribution in [0.25, 0.3) is 0 Å². The normalized spacial score (nSPS) is 11.2. The molecule has 0 heterocycles. The van der Waals surface area contributed by atoms with E-state index in [-0.39, 0.29) is 12.2 Å². The van der Waals surface area contributed by atoms with Gasteiger partial charge in [-0.1, -0.05) is 21.9 Å². The monoisotopic (exact) mass is 339 g/mol. The number of hydrogen-bond acceptors (Lipinski definition) is 3. The van der Waals surface area contributed by atoms with E-state index in [9.17, 15) is 0 Å². The third kappa shape index (κ3) is 5.96. The Morgan fingerprint density at radius 2 is 2.15 bits per heavy atom. The third-order valence-corrected chi connectivity index (χ3v) is 3.23. The highest BCUT2D eigenvalue weighted by Gasteiger charge is 2.17. The van der Waals surface area contributed by atoms with Crippen LogP contribution < -0.4 is 10.1 Å². The second kappa shape index (κ2) is 8.31. The smallest absolute Gasteiger partial charge is 0.148 e. The maximum atomic E-state index is 5.66. The number of terminal acetylenes is 1. The largest absolute Gasteiger partial charge is 0.481 e. The summed E-state index contributed by atoms with van der Waals surface area (Å²) >= 11 is 3.47. The molecular formula is C16H22BrNO2. The fourth-order valence-corrected chi connectivity index (χ4v) is 2.29. The minimum atomic E-state index is -0.180. The molecule has 110 valence electrons. The van der Waals surface area contributed by atoms with Crippen molar-refractivity contribution in [1.82, 2.24) is 5.32 Å². The van der Waals surface area contributed by atoms with Crippen LogP contribution in [0.4, 0.5) is 0 Å². The third-order valence-electron chi connectivity index (χ3n) is 2.73. The highest BCUT2D eigenvalue weighted by Crippen LogP contribution is 2.23. The van der Waals surface area contributed by atoms with Crippen molar-refractivity contribution in [2.45, 2.75) is 32.9 Å². The number of rotatable bonds is 8. The molecule has 0 atom stereocenters. The lowest BCUT2D eigenvalue weighted by Gasteiger charge is -2.25. The Hall–Kier alpha value is -1.02. The van der Waals surface area contributed by atoms with Crippen LogP contribution in [0.2, 0.25) is 0 Å². The van der Waals surface area contributed by atoms with Crippen LogP contribution in [0.5, 0.6) is 5.75 Å². The summed E-state index contributed by atoms with van der Waals surface area (Å²) in [5, 5.41) is 3.39. The van der Waals surface area contributed by atoms with Crippen LogP contribution in [0.3, 0.4) is 0 Å². The van der Waals surface area contributed by atoms with Crippen molar-refractivity contribution in [2.75, 3.05) is 19.8 Å². The zero-order valence-corrected chi connectivity index (χ0v) is 13.9. The maximum Gasteiger partial charge on any atom is 0.148 e. The molecule has 0 aliphatic heterocycles. The maximum absolute atomic E-state index is 5.66. The van der Waals surface area contributed by atoms with Crippen molar-refractivity contribution in [3.63, 3.8) is 0 Å². The molecule has 20 heavy (non-hydrogen) atoms. The molecule has 3 nitrogen and oxygen atoms in total. The Kier molecular flexibility index (Phi) is 7.08. The lowest BCUT2D eigenvalue weighted by atomic mass is 10.1. The Labute approximate surface area is 130 Å². The summed E-state index contributed by atoms with van der Waals surface area (Å²) in [4.78, 5) is 0. The van der Waals surface area contributed by atoms with Crippen LogP contribution >= 0.6 is 15.9 Å². The molecule has 0 radical (unpaired) electrons. The first-order valence-electron chi connectivity index (χ1n) is 6.68. The number of nitrogens with one attached hydrogen (secondary N) is 1. The van der Waals surface area contributed by atoms with Gasteiger partial charge in [0.1, 0.15) is 12.4 Å². The van der Waals surface area contributed by atoms with Gasteiger partial charge < -0.3 is 14.8 Å². The van der Waals surface area contributed by atoms with Gasteiger partial charge in [0.25, 0.3) is 0 Å². The van der Waals surface area contributed by atoms with E-state index in [1.165, 1.54) is 0 Å². The minimum absolute atomic E-state index is 0.180. The fourth-order valence-electron chi connectivity index (χ4n) is 1.89. The van der Waals surface area contributed by atoms with Gasteiger partial charge >= 0.3 is 0 Å². The Morgan fingerprint density at radius 3 is 2.80 bits per heavy atom. The molecule has 0 aliphatic rings. The molecule has 0 aliphatic carbocycles. The average molecular weight is 340 g/mol. The van der Waals surface area contributed by atoms with Crippen molar-refractivity contribution in [3.8, 4) is 18.1 Å². The molecule has 1 rings (SSSR count). The highest BCUT2D eigenvalue weighted by molar-refractivity contribution is 9.10. The Morgan fingerprint density at radius 1 is 1.40 bits per heavy atom. The number of benzene rings is 1. The van der Waals surface area contributed by atoms with Gasteiger partial charge in [-0.05, 0) is 39.0 Å². The first kappa shape index (κ1) is 17.0. The first-order chi connectivity index (χ1) is 9.48. The average Bonchev–Trinajstić information content (AvgIpc) is 2.37. The van der Waals surface area contributed by atoms with E-state index in [1.54, 1.807) is 0 Å². The molecule has 4 heteroatoms. The molecule has 1 aromatic carbocycles. The zero-order valence-electron chi connectivity index (χ0n) is 12.3. The van der Waals surface area contributed by atoms with Crippen LogP contribution in [0, 0.1) is 12.3 Å². The molecule has 0 spiro atoms. The molecule has 0 aromatic heterocycles. The summed E-state index contributed by atoms with van der Waals surface area (Å²) < 4.78 is 12.2. The van der Waals surface area contributed by atoms with Gasteiger partial charge in [0, 0.05) is 29.7 Å². The van der Waals surface area contributed by atoms with Gasteiger partial charge in [-0.3, -0.25) is 0 Å². The summed E-state index contributed by atoms with van der Waals surface area (Å²) in [6, 6.07) is 5.90. The second-order valence-corrected chi connectivity index (χ2v) is 5.96. The molecule has 0 saturated heterocycles. The van der Waals surface area contributed by atoms with Crippen LogP contribution in [-0.2, 0) is 11.3 Å². The van der Waals surface area contributed by atoms with Crippen molar-refractivity contribution in [2.24, 2.45) is 0 Å². The number of halogens is 1. The Bertz CT molecular complexity index is 466. The summed E-state index contributed by atoms with van der Waals surface area (Å²) in [6.45, 7) is 8.60. The molecule has 0 fully saturated rings. The summed E-state index contributed by atoms with van der Waals surface area (Å²) in [5.74, 6) is 3.29. The van der Waals surface area contributed by atoms with E-state index in [1.807, 2.05) is 25.1 Å². The van der Waals surface area contributed by atoms with E-state index in [4.69, 9.17) is 15.9 Å². The predicted octanol–water partition coefficient (Wildman–Crippen LogP) is 3.37. The van der Waals surface area contributed by atoms with Crippen molar-refractivity contribution < 1.29 is 9.47 Å². The molecule has 0 amide bonds. The minimum Gasteiger partial charge on any atom is -0.481 e. The van der Waals surface area contributed by atoms with Gasteiger partial charge in [-0.15, -0.1) is 6.42 Å². The molecule has 0 saturated carbocycles.